The summed E-state index contributed by atoms with van der Waals surface area (Å²) < 4.78 is 23.1. The summed E-state index contributed by atoms with van der Waals surface area (Å²) >= 11 is 0. The van der Waals surface area contributed by atoms with Crippen LogP contribution in [-0.4, -0.2) is 62.4 Å². The van der Waals surface area contributed by atoms with Crippen molar-refractivity contribution < 1.29 is 28.5 Å². The molecule has 7 heteroatoms. The average molecular weight is 427 g/mol. The van der Waals surface area contributed by atoms with Crippen molar-refractivity contribution in [1.29, 1.82) is 0 Å². The van der Waals surface area contributed by atoms with E-state index in [1.165, 1.54) is 25.2 Å². The Morgan fingerprint density at radius 2 is 2.13 bits per heavy atom. The first kappa shape index (κ1) is 20.5. The van der Waals surface area contributed by atoms with Gasteiger partial charge in [0, 0.05) is 42.9 Å². The predicted octanol–water partition coefficient (Wildman–Crippen LogP) is 2.40. The van der Waals surface area contributed by atoms with Gasteiger partial charge in [-0.3, -0.25) is 9.59 Å². The molecule has 1 saturated heterocycles. The molecule has 2 bridgehead atoms. The number of ether oxygens (including phenoxy) is 4. The molecule has 1 aromatic rings. The fourth-order valence-corrected chi connectivity index (χ4v) is 6.13. The Labute approximate surface area is 182 Å². The molecule has 7 nitrogen and oxygen atoms in total. The number of hydrogen-bond donors (Lipinski definition) is 0. The lowest BCUT2D eigenvalue weighted by Gasteiger charge is -2.56. The van der Waals surface area contributed by atoms with Crippen molar-refractivity contribution in [1.82, 2.24) is 4.90 Å². The third kappa shape index (κ3) is 3.09. The summed E-state index contributed by atoms with van der Waals surface area (Å²) in [7, 11) is 3.60. The van der Waals surface area contributed by atoms with Crippen LogP contribution in [0, 0.1) is 5.92 Å². The molecule has 0 amide bonds. The van der Waals surface area contributed by atoms with Gasteiger partial charge in [-0.15, -0.1) is 0 Å². The summed E-state index contributed by atoms with van der Waals surface area (Å²) in [4.78, 5) is 25.6. The van der Waals surface area contributed by atoms with E-state index >= 15 is 0 Å². The normalized spacial score (nSPS) is 32.2. The molecule has 0 radical (unpaired) electrons. The van der Waals surface area contributed by atoms with Crippen LogP contribution < -0.4 is 9.47 Å². The van der Waals surface area contributed by atoms with Crippen LogP contribution in [0.3, 0.4) is 0 Å². The summed E-state index contributed by atoms with van der Waals surface area (Å²) in [6.45, 7) is 2.85. The van der Waals surface area contributed by atoms with Gasteiger partial charge in [-0.25, -0.2) is 0 Å². The summed E-state index contributed by atoms with van der Waals surface area (Å²) in [6, 6.07) is 4.37. The first-order valence-corrected chi connectivity index (χ1v) is 11.0. The van der Waals surface area contributed by atoms with Crippen molar-refractivity contribution in [3.8, 4) is 11.5 Å². The molecule has 2 aliphatic carbocycles. The lowest BCUT2D eigenvalue weighted by atomic mass is 9.53. The maximum absolute atomic E-state index is 11.7. The van der Waals surface area contributed by atoms with Gasteiger partial charge in [-0.05, 0) is 44.5 Å². The molecule has 2 aliphatic heterocycles. The number of nitrogens with zero attached hydrogens (tertiary/aromatic N) is 1. The zero-order valence-electron chi connectivity index (χ0n) is 18.3. The van der Waals surface area contributed by atoms with Gasteiger partial charge in [0.2, 0.25) is 0 Å². The van der Waals surface area contributed by atoms with Crippen molar-refractivity contribution in [3.63, 3.8) is 0 Å². The van der Waals surface area contributed by atoms with E-state index in [1.54, 1.807) is 0 Å². The number of piperidine rings is 1. The van der Waals surface area contributed by atoms with E-state index < -0.39 is 0 Å². The second-order valence-electron chi connectivity index (χ2n) is 9.03. The van der Waals surface area contributed by atoms with Gasteiger partial charge in [0.25, 0.3) is 0 Å². The van der Waals surface area contributed by atoms with Crippen LogP contribution in [0.15, 0.2) is 24.3 Å². The number of esters is 2. The van der Waals surface area contributed by atoms with Gasteiger partial charge in [0.1, 0.15) is 12.2 Å². The molecule has 2 heterocycles. The zero-order chi connectivity index (χ0) is 21.8. The zero-order valence-corrected chi connectivity index (χ0v) is 18.3. The molecule has 1 spiro atoms. The van der Waals surface area contributed by atoms with Crippen molar-refractivity contribution in [2.24, 2.45) is 5.92 Å². The quantitative estimate of drug-likeness (QED) is 0.299. The molecular formula is C24H29NO6. The van der Waals surface area contributed by atoms with Crippen LogP contribution in [-0.2, 0) is 30.9 Å². The highest BCUT2D eigenvalue weighted by molar-refractivity contribution is 5.72. The van der Waals surface area contributed by atoms with Gasteiger partial charge in [-0.2, -0.15) is 0 Å². The van der Waals surface area contributed by atoms with Gasteiger partial charge >= 0.3 is 11.9 Å². The van der Waals surface area contributed by atoms with E-state index in [0.717, 1.165) is 19.4 Å². The fourth-order valence-electron chi connectivity index (χ4n) is 6.13. The number of hydrogen-bond acceptors (Lipinski definition) is 7. The minimum atomic E-state index is -0.352. The fraction of sp³-hybridized carbons (Fsp3) is 0.583. The lowest BCUT2D eigenvalue weighted by Crippen LogP contribution is -2.65. The molecular weight excluding hydrogens is 398 g/mol. The number of likely N-dealkylation sites (tertiary alicyclic amines) is 1. The Morgan fingerprint density at radius 3 is 2.90 bits per heavy atom. The summed E-state index contributed by atoms with van der Waals surface area (Å²) in [5, 5.41) is 0. The Bertz CT molecular complexity index is 942. The van der Waals surface area contributed by atoms with Crippen LogP contribution in [0.5, 0.6) is 11.5 Å². The van der Waals surface area contributed by atoms with Gasteiger partial charge in [-0.1, -0.05) is 18.2 Å². The second-order valence-corrected chi connectivity index (χ2v) is 9.03. The van der Waals surface area contributed by atoms with Crippen LogP contribution in [0.2, 0.25) is 0 Å². The molecule has 5 atom stereocenters. The third-order valence-corrected chi connectivity index (χ3v) is 7.43. The molecule has 1 aromatic carbocycles. The highest BCUT2D eigenvalue weighted by Gasteiger charge is 2.64. The van der Waals surface area contributed by atoms with Gasteiger partial charge < -0.3 is 23.8 Å². The van der Waals surface area contributed by atoms with E-state index in [9.17, 15) is 9.59 Å². The van der Waals surface area contributed by atoms with Gasteiger partial charge in [0.15, 0.2) is 11.5 Å². The average Bonchev–Trinajstić information content (AvgIpc) is 3.10. The highest BCUT2D eigenvalue weighted by Crippen LogP contribution is 2.62. The number of rotatable bonds is 6. The minimum Gasteiger partial charge on any atom is -0.482 e. The topological polar surface area (TPSA) is 74.3 Å². The number of carbonyl (C=O) groups is 2. The largest absolute Gasteiger partial charge is 0.482 e. The molecule has 0 saturated carbocycles. The number of benzene rings is 1. The van der Waals surface area contributed by atoms with Crippen molar-refractivity contribution in [2.75, 3.05) is 27.3 Å². The van der Waals surface area contributed by atoms with Crippen LogP contribution in [0.4, 0.5) is 0 Å². The van der Waals surface area contributed by atoms with E-state index in [-0.39, 0.29) is 29.6 Å². The van der Waals surface area contributed by atoms with E-state index in [2.05, 4.69) is 30.2 Å². The van der Waals surface area contributed by atoms with E-state index in [1.807, 2.05) is 6.07 Å². The molecule has 0 aromatic heterocycles. The van der Waals surface area contributed by atoms with Crippen molar-refractivity contribution in [3.05, 3.63) is 35.4 Å². The Morgan fingerprint density at radius 1 is 1.29 bits per heavy atom. The van der Waals surface area contributed by atoms with Crippen LogP contribution in [0.1, 0.15) is 37.3 Å². The molecule has 0 unspecified atom stereocenters. The number of methoxy groups -OCH3 is 1. The Hall–Kier alpha value is -2.38. The van der Waals surface area contributed by atoms with Gasteiger partial charge in [0.05, 0.1) is 7.11 Å². The maximum atomic E-state index is 11.7. The highest BCUT2D eigenvalue weighted by atomic mass is 16.6. The van der Waals surface area contributed by atoms with E-state index in [4.69, 9.17) is 18.9 Å². The molecule has 1 fully saturated rings. The van der Waals surface area contributed by atoms with E-state index in [0.29, 0.717) is 42.9 Å². The Kier molecular flexibility index (Phi) is 5.06. The summed E-state index contributed by atoms with van der Waals surface area (Å²) in [6.07, 6.45) is 6.89. The van der Waals surface area contributed by atoms with Crippen LogP contribution >= 0.6 is 0 Å². The van der Waals surface area contributed by atoms with Crippen molar-refractivity contribution >= 4 is 11.9 Å². The lowest BCUT2D eigenvalue weighted by molar-refractivity contribution is -0.141. The van der Waals surface area contributed by atoms with Crippen LogP contribution in [0.25, 0.3) is 0 Å². The summed E-state index contributed by atoms with van der Waals surface area (Å²) in [5.74, 6) is 0.947. The first-order chi connectivity index (χ1) is 15.0. The minimum absolute atomic E-state index is 0.178. The van der Waals surface area contributed by atoms with Crippen molar-refractivity contribution in [2.45, 2.75) is 56.3 Å². The predicted molar refractivity (Wildman–Crippen MR) is 112 cm³/mol. The maximum Gasteiger partial charge on any atom is 0.308 e. The standard InChI is InChI=1S/C24H29NO6/c1-14(26)30-18-8-6-15-13-17-16-7-9-19(29-12-4-5-20(27)28-3)23-24(16,10-11-25(17)2)21(15)22(18)31-23/h6-9,16-17,19,23H,4-5,10-13H2,1-3H3/t16-,17+,19-,23-,24-/m0/s1. The molecule has 31 heavy (non-hydrogen) atoms. The first-order valence-electron chi connectivity index (χ1n) is 11.0. The second kappa shape index (κ2) is 7.64. The monoisotopic (exact) mass is 427 g/mol. The molecule has 0 N–H and O–H groups in total. The smallest absolute Gasteiger partial charge is 0.308 e. The molecule has 166 valence electrons. The third-order valence-electron chi connectivity index (χ3n) is 7.43. The molecule has 5 rings (SSSR count). The number of carbonyl (C=O) groups excluding carboxylic acids is 2. The number of likely N-dealkylation sites (N-methyl/N-ethyl adjacent to an activating group) is 1. The molecule has 4 aliphatic rings. The SMILES string of the molecule is COC(=O)CCCO[C@H]1C=C[C@H]2[C@H]3Cc4ccc(OC(C)=O)c5c4[C@@]2(CCN3C)[C@H]1O5. The summed E-state index contributed by atoms with van der Waals surface area (Å²) in [5.41, 5.74) is 2.30. The Balaban J connectivity index is 1.50.